The van der Waals surface area contributed by atoms with Gasteiger partial charge in [0.2, 0.25) is 5.91 Å². The summed E-state index contributed by atoms with van der Waals surface area (Å²) in [7, 11) is 0. The van der Waals surface area contributed by atoms with Crippen molar-refractivity contribution in [3.63, 3.8) is 0 Å². The second-order valence-electron chi connectivity index (χ2n) is 4.57. The van der Waals surface area contributed by atoms with Gasteiger partial charge in [-0.05, 0) is 25.5 Å². The van der Waals surface area contributed by atoms with Gasteiger partial charge in [0.15, 0.2) is 0 Å². The second kappa shape index (κ2) is 6.73. The maximum Gasteiger partial charge on any atom is 0.234 e. The standard InChI is InChI=1S/C13H19ClN4O/c1-2-15-12-5-4-10(14)11(17-12)8-18-7-3-6-16-13(19)9-18/h4-5H,2-3,6-9H2,1H3,(H,15,17)(H,16,19). The molecular formula is C13H19ClN4O. The molecule has 2 N–H and O–H groups in total. The third kappa shape index (κ3) is 4.08. The molecule has 2 rings (SSSR count). The molecule has 1 fully saturated rings. The van der Waals surface area contributed by atoms with E-state index in [0.29, 0.717) is 18.1 Å². The average molecular weight is 283 g/mol. The van der Waals surface area contributed by atoms with Gasteiger partial charge in [-0.15, -0.1) is 0 Å². The van der Waals surface area contributed by atoms with Crippen LogP contribution in [0.2, 0.25) is 5.02 Å². The maximum atomic E-state index is 11.5. The number of rotatable bonds is 4. The Morgan fingerprint density at radius 1 is 1.53 bits per heavy atom. The summed E-state index contributed by atoms with van der Waals surface area (Å²) in [6.07, 6.45) is 0.955. The maximum absolute atomic E-state index is 11.5. The fourth-order valence-corrected chi connectivity index (χ4v) is 2.26. The summed E-state index contributed by atoms with van der Waals surface area (Å²) >= 11 is 6.18. The number of hydrogen-bond acceptors (Lipinski definition) is 4. The van der Waals surface area contributed by atoms with Crippen LogP contribution in [0.15, 0.2) is 12.1 Å². The van der Waals surface area contributed by atoms with E-state index in [1.165, 1.54) is 0 Å². The van der Waals surface area contributed by atoms with Crippen molar-refractivity contribution in [3.05, 3.63) is 22.8 Å². The van der Waals surface area contributed by atoms with Gasteiger partial charge in [0.25, 0.3) is 0 Å². The van der Waals surface area contributed by atoms with E-state index in [2.05, 4.69) is 20.5 Å². The Balaban J connectivity index is 2.08. The molecule has 104 valence electrons. The van der Waals surface area contributed by atoms with Crippen molar-refractivity contribution < 1.29 is 4.79 Å². The van der Waals surface area contributed by atoms with Gasteiger partial charge in [0, 0.05) is 26.2 Å². The number of nitrogens with zero attached hydrogens (tertiary/aromatic N) is 2. The lowest BCUT2D eigenvalue weighted by atomic mass is 10.3. The van der Waals surface area contributed by atoms with Crippen molar-refractivity contribution in [3.8, 4) is 0 Å². The molecule has 1 aromatic rings. The molecule has 0 atom stereocenters. The van der Waals surface area contributed by atoms with Crippen LogP contribution in [-0.2, 0) is 11.3 Å². The molecule has 1 aromatic heterocycles. The lowest BCUT2D eigenvalue weighted by Gasteiger charge is -2.19. The van der Waals surface area contributed by atoms with Crippen LogP contribution in [0.4, 0.5) is 5.82 Å². The van der Waals surface area contributed by atoms with Gasteiger partial charge in [0.05, 0.1) is 17.3 Å². The lowest BCUT2D eigenvalue weighted by Crippen LogP contribution is -2.33. The first-order valence-electron chi connectivity index (χ1n) is 6.57. The summed E-state index contributed by atoms with van der Waals surface area (Å²) < 4.78 is 0. The fourth-order valence-electron chi connectivity index (χ4n) is 2.09. The molecule has 0 radical (unpaired) electrons. The molecule has 1 saturated heterocycles. The minimum absolute atomic E-state index is 0.0662. The topological polar surface area (TPSA) is 57.3 Å². The van der Waals surface area contributed by atoms with Crippen molar-refractivity contribution in [2.75, 3.05) is 31.5 Å². The number of carbonyl (C=O) groups excluding carboxylic acids is 1. The normalized spacial score (nSPS) is 16.8. The Hall–Kier alpha value is -1.33. The van der Waals surface area contributed by atoms with Crippen molar-refractivity contribution in [2.24, 2.45) is 0 Å². The molecule has 0 unspecified atom stereocenters. The molecule has 0 saturated carbocycles. The van der Waals surface area contributed by atoms with E-state index in [4.69, 9.17) is 11.6 Å². The predicted molar refractivity (Wildman–Crippen MR) is 76.3 cm³/mol. The van der Waals surface area contributed by atoms with Crippen LogP contribution in [0.5, 0.6) is 0 Å². The van der Waals surface area contributed by atoms with Gasteiger partial charge >= 0.3 is 0 Å². The summed E-state index contributed by atoms with van der Waals surface area (Å²) in [5, 5.41) is 6.67. The van der Waals surface area contributed by atoms with E-state index in [-0.39, 0.29) is 5.91 Å². The first-order valence-corrected chi connectivity index (χ1v) is 6.95. The molecule has 1 amide bonds. The highest BCUT2D eigenvalue weighted by Gasteiger charge is 2.16. The highest BCUT2D eigenvalue weighted by Crippen LogP contribution is 2.18. The summed E-state index contributed by atoms with van der Waals surface area (Å²) in [5.41, 5.74) is 0.815. The number of aromatic nitrogens is 1. The zero-order valence-electron chi connectivity index (χ0n) is 11.1. The molecule has 6 heteroatoms. The Morgan fingerprint density at radius 2 is 2.37 bits per heavy atom. The van der Waals surface area contributed by atoms with Crippen molar-refractivity contribution in [1.29, 1.82) is 0 Å². The zero-order chi connectivity index (χ0) is 13.7. The van der Waals surface area contributed by atoms with E-state index < -0.39 is 0 Å². The number of halogens is 1. The molecule has 2 heterocycles. The van der Waals surface area contributed by atoms with Crippen LogP contribution in [0, 0.1) is 0 Å². The van der Waals surface area contributed by atoms with Gasteiger partial charge in [-0.25, -0.2) is 4.98 Å². The van der Waals surface area contributed by atoms with Gasteiger partial charge in [-0.1, -0.05) is 11.6 Å². The molecule has 0 aliphatic carbocycles. The first-order chi connectivity index (χ1) is 9.19. The third-order valence-electron chi connectivity index (χ3n) is 2.99. The summed E-state index contributed by atoms with van der Waals surface area (Å²) in [6, 6.07) is 3.71. The predicted octanol–water partition coefficient (Wildman–Crippen LogP) is 1.49. The van der Waals surface area contributed by atoms with Gasteiger partial charge < -0.3 is 10.6 Å². The summed E-state index contributed by atoms with van der Waals surface area (Å²) in [6.45, 7) is 5.47. The number of hydrogen-bond donors (Lipinski definition) is 2. The Morgan fingerprint density at radius 3 is 3.16 bits per heavy atom. The molecular weight excluding hydrogens is 264 g/mol. The molecule has 19 heavy (non-hydrogen) atoms. The van der Waals surface area contributed by atoms with Gasteiger partial charge in [-0.3, -0.25) is 9.69 Å². The van der Waals surface area contributed by atoms with Crippen LogP contribution >= 0.6 is 11.6 Å². The molecule has 1 aliphatic heterocycles. The molecule has 0 aromatic carbocycles. The van der Waals surface area contributed by atoms with E-state index in [9.17, 15) is 4.79 Å². The molecule has 0 bridgehead atoms. The monoisotopic (exact) mass is 282 g/mol. The van der Waals surface area contributed by atoms with Crippen LogP contribution in [0.3, 0.4) is 0 Å². The first kappa shape index (κ1) is 14.1. The Labute approximate surface area is 118 Å². The number of pyridine rings is 1. The minimum atomic E-state index is 0.0662. The van der Waals surface area contributed by atoms with Gasteiger partial charge in [-0.2, -0.15) is 0 Å². The largest absolute Gasteiger partial charge is 0.370 e. The smallest absolute Gasteiger partial charge is 0.234 e. The fraction of sp³-hybridized carbons (Fsp3) is 0.538. The molecule has 0 spiro atoms. The van der Waals surface area contributed by atoms with Crippen molar-refractivity contribution in [2.45, 2.75) is 19.9 Å². The van der Waals surface area contributed by atoms with Crippen LogP contribution in [0.1, 0.15) is 19.0 Å². The van der Waals surface area contributed by atoms with E-state index in [1.807, 2.05) is 19.1 Å². The Kier molecular flexibility index (Phi) is 4.99. The number of amides is 1. The number of anilines is 1. The Bertz CT molecular complexity index is 452. The minimum Gasteiger partial charge on any atom is -0.370 e. The summed E-state index contributed by atoms with van der Waals surface area (Å²) in [4.78, 5) is 18.1. The van der Waals surface area contributed by atoms with Crippen LogP contribution in [-0.4, -0.2) is 42.0 Å². The average Bonchev–Trinajstić information content (AvgIpc) is 2.58. The summed E-state index contributed by atoms with van der Waals surface area (Å²) in [5.74, 6) is 0.887. The SMILES string of the molecule is CCNc1ccc(Cl)c(CN2CCCNC(=O)C2)n1. The molecule has 5 nitrogen and oxygen atoms in total. The second-order valence-corrected chi connectivity index (χ2v) is 4.98. The lowest BCUT2D eigenvalue weighted by molar-refractivity contribution is -0.121. The highest BCUT2D eigenvalue weighted by atomic mass is 35.5. The highest BCUT2D eigenvalue weighted by molar-refractivity contribution is 6.31. The van der Waals surface area contributed by atoms with E-state index >= 15 is 0 Å². The van der Waals surface area contributed by atoms with Crippen molar-refractivity contribution >= 4 is 23.3 Å². The zero-order valence-corrected chi connectivity index (χ0v) is 11.8. The van der Waals surface area contributed by atoms with Crippen molar-refractivity contribution in [1.82, 2.24) is 15.2 Å². The number of nitrogens with one attached hydrogen (secondary N) is 2. The third-order valence-corrected chi connectivity index (χ3v) is 3.33. The quantitative estimate of drug-likeness (QED) is 0.878. The molecule has 1 aliphatic rings. The number of carbonyl (C=O) groups is 1. The van der Waals surface area contributed by atoms with Crippen LogP contribution in [0.25, 0.3) is 0 Å². The van der Waals surface area contributed by atoms with E-state index in [1.54, 1.807) is 0 Å². The van der Waals surface area contributed by atoms with Gasteiger partial charge in [0.1, 0.15) is 5.82 Å². The van der Waals surface area contributed by atoms with E-state index in [0.717, 1.165) is 37.6 Å². The van der Waals surface area contributed by atoms with Crippen LogP contribution < -0.4 is 10.6 Å².